The molecule has 2 rings (SSSR count). The number of nitrogens with one attached hydrogen (secondary N) is 1. The van der Waals surface area contributed by atoms with E-state index in [-0.39, 0.29) is 11.4 Å². The number of halogens is 1. The Kier molecular flexibility index (Phi) is 2.91. The van der Waals surface area contributed by atoms with Gasteiger partial charge in [0.25, 0.3) is 5.69 Å². The fourth-order valence-electron chi connectivity index (χ4n) is 1.23. The average molecular weight is 234 g/mol. The van der Waals surface area contributed by atoms with E-state index in [4.69, 9.17) is 0 Å². The lowest BCUT2D eigenvalue weighted by Crippen LogP contribution is -1.99. The van der Waals surface area contributed by atoms with E-state index in [9.17, 15) is 14.5 Å². The van der Waals surface area contributed by atoms with Crippen molar-refractivity contribution in [1.82, 2.24) is 9.97 Å². The van der Waals surface area contributed by atoms with E-state index in [1.165, 1.54) is 30.6 Å². The predicted octanol–water partition coefficient (Wildman–Crippen LogP) is 2.27. The highest BCUT2D eigenvalue weighted by Gasteiger charge is 2.13. The van der Waals surface area contributed by atoms with Crippen LogP contribution < -0.4 is 5.32 Å². The molecule has 17 heavy (non-hydrogen) atoms. The molecule has 0 amide bonds. The van der Waals surface area contributed by atoms with Crippen molar-refractivity contribution in [3.8, 4) is 0 Å². The molecule has 2 aromatic heterocycles. The van der Waals surface area contributed by atoms with Crippen LogP contribution in [0.1, 0.15) is 0 Å². The maximum Gasteiger partial charge on any atom is 0.295 e. The van der Waals surface area contributed by atoms with Crippen LogP contribution in [0.4, 0.5) is 21.6 Å². The Hall–Kier alpha value is -2.57. The van der Waals surface area contributed by atoms with Crippen LogP contribution in [0.2, 0.25) is 0 Å². The van der Waals surface area contributed by atoms with Gasteiger partial charge in [0.05, 0.1) is 17.3 Å². The number of rotatable bonds is 3. The fourth-order valence-corrected chi connectivity index (χ4v) is 1.23. The molecule has 0 bridgehead atoms. The summed E-state index contributed by atoms with van der Waals surface area (Å²) in [6.45, 7) is 0. The van der Waals surface area contributed by atoms with Gasteiger partial charge in [0.1, 0.15) is 17.3 Å². The summed E-state index contributed by atoms with van der Waals surface area (Å²) in [6, 6.07) is 3.86. The minimum atomic E-state index is -0.534. The molecule has 7 heteroatoms. The zero-order chi connectivity index (χ0) is 12.3. The third-order valence-electron chi connectivity index (χ3n) is 1.98. The van der Waals surface area contributed by atoms with Gasteiger partial charge in [-0.05, 0) is 12.1 Å². The zero-order valence-corrected chi connectivity index (χ0v) is 8.50. The molecule has 0 aliphatic rings. The van der Waals surface area contributed by atoms with Crippen LogP contribution >= 0.6 is 0 Å². The first-order valence-corrected chi connectivity index (χ1v) is 4.64. The van der Waals surface area contributed by atoms with Crippen molar-refractivity contribution >= 4 is 17.2 Å². The lowest BCUT2D eigenvalue weighted by atomic mass is 10.3. The van der Waals surface area contributed by atoms with E-state index in [0.717, 1.165) is 6.20 Å². The summed E-state index contributed by atoms with van der Waals surface area (Å²) in [7, 11) is 0. The zero-order valence-electron chi connectivity index (χ0n) is 8.50. The Morgan fingerprint density at radius 2 is 2.12 bits per heavy atom. The third kappa shape index (κ3) is 2.51. The Labute approximate surface area is 95.3 Å². The molecule has 0 atom stereocenters. The van der Waals surface area contributed by atoms with E-state index in [2.05, 4.69) is 15.3 Å². The van der Waals surface area contributed by atoms with Gasteiger partial charge in [0.15, 0.2) is 0 Å². The maximum atomic E-state index is 12.6. The van der Waals surface area contributed by atoms with Crippen molar-refractivity contribution in [2.75, 3.05) is 5.32 Å². The highest BCUT2D eigenvalue weighted by molar-refractivity contribution is 5.66. The third-order valence-corrected chi connectivity index (χ3v) is 1.98. The minimum absolute atomic E-state index is 0.119. The van der Waals surface area contributed by atoms with E-state index < -0.39 is 10.7 Å². The van der Waals surface area contributed by atoms with Crippen LogP contribution in [0.3, 0.4) is 0 Å². The summed E-state index contributed by atoms with van der Waals surface area (Å²) in [5.41, 5.74) is 0.0859. The van der Waals surface area contributed by atoms with Crippen molar-refractivity contribution in [3.63, 3.8) is 0 Å². The molecule has 0 aliphatic carbocycles. The van der Waals surface area contributed by atoms with Crippen molar-refractivity contribution in [3.05, 3.63) is 52.7 Å². The van der Waals surface area contributed by atoms with Gasteiger partial charge >= 0.3 is 0 Å². The summed E-state index contributed by atoms with van der Waals surface area (Å²) in [6.07, 6.45) is 3.65. The van der Waals surface area contributed by atoms with Crippen LogP contribution in [0.25, 0.3) is 0 Å². The molecule has 0 aliphatic heterocycles. The lowest BCUT2D eigenvalue weighted by Gasteiger charge is -2.04. The van der Waals surface area contributed by atoms with Crippen molar-refractivity contribution in [2.45, 2.75) is 0 Å². The van der Waals surface area contributed by atoms with Crippen LogP contribution in [0, 0.1) is 15.9 Å². The summed E-state index contributed by atoms with van der Waals surface area (Å²) >= 11 is 0. The molecule has 0 unspecified atom stereocenters. The number of hydrogen-bond donors (Lipinski definition) is 1. The molecule has 2 heterocycles. The molecular weight excluding hydrogens is 227 g/mol. The number of nitrogens with zero attached hydrogens (tertiary/aromatic N) is 3. The summed E-state index contributed by atoms with van der Waals surface area (Å²) in [4.78, 5) is 17.7. The highest BCUT2D eigenvalue weighted by Crippen LogP contribution is 2.24. The first-order chi connectivity index (χ1) is 8.16. The average Bonchev–Trinajstić information content (AvgIpc) is 2.32. The summed E-state index contributed by atoms with van der Waals surface area (Å²) < 4.78 is 12.6. The lowest BCUT2D eigenvalue weighted by molar-refractivity contribution is -0.384. The van der Waals surface area contributed by atoms with Gasteiger partial charge in [-0.1, -0.05) is 0 Å². The number of anilines is 2. The second kappa shape index (κ2) is 4.52. The fraction of sp³-hybridized carbons (Fsp3) is 0. The number of pyridine rings is 2. The normalized spacial score (nSPS) is 9.94. The molecule has 2 aromatic rings. The quantitative estimate of drug-likeness (QED) is 0.650. The SMILES string of the molecule is O=[N+]([O-])c1ccncc1Nc1ccc(F)cn1. The van der Waals surface area contributed by atoms with Gasteiger partial charge in [0, 0.05) is 12.3 Å². The number of aromatic nitrogens is 2. The van der Waals surface area contributed by atoms with E-state index in [0.29, 0.717) is 5.82 Å². The Balaban J connectivity index is 2.30. The Morgan fingerprint density at radius 1 is 1.29 bits per heavy atom. The van der Waals surface area contributed by atoms with Gasteiger partial charge in [-0.25, -0.2) is 9.37 Å². The molecular formula is C10H7FN4O2. The molecule has 0 fully saturated rings. The van der Waals surface area contributed by atoms with Gasteiger partial charge in [-0.3, -0.25) is 15.1 Å². The van der Waals surface area contributed by atoms with Crippen molar-refractivity contribution in [1.29, 1.82) is 0 Å². The molecule has 0 spiro atoms. The number of nitro groups is 1. The maximum absolute atomic E-state index is 12.6. The van der Waals surface area contributed by atoms with E-state index >= 15 is 0 Å². The van der Waals surface area contributed by atoms with Crippen molar-refractivity contribution in [2.24, 2.45) is 0 Å². The topological polar surface area (TPSA) is 81.0 Å². The molecule has 0 saturated carbocycles. The largest absolute Gasteiger partial charge is 0.333 e. The Morgan fingerprint density at radius 3 is 2.76 bits per heavy atom. The summed E-state index contributed by atoms with van der Waals surface area (Å²) in [5, 5.41) is 13.4. The molecule has 0 saturated heterocycles. The van der Waals surface area contributed by atoms with Crippen molar-refractivity contribution < 1.29 is 9.31 Å². The smallest absolute Gasteiger partial charge is 0.295 e. The molecule has 0 radical (unpaired) electrons. The second-order valence-corrected chi connectivity index (χ2v) is 3.14. The first kappa shape index (κ1) is 10.9. The van der Waals surface area contributed by atoms with Crippen LogP contribution in [-0.4, -0.2) is 14.9 Å². The van der Waals surface area contributed by atoms with Gasteiger partial charge in [-0.15, -0.1) is 0 Å². The highest BCUT2D eigenvalue weighted by atomic mass is 19.1. The van der Waals surface area contributed by atoms with Crippen LogP contribution in [-0.2, 0) is 0 Å². The second-order valence-electron chi connectivity index (χ2n) is 3.14. The first-order valence-electron chi connectivity index (χ1n) is 4.64. The van der Waals surface area contributed by atoms with Gasteiger partial charge in [-0.2, -0.15) is 0 Å². The number of hydrogen-bond acceptors (Lipinski definition) is 5. The summed E-state index contributed by atoms with van der Waals surface area (Å²) in [5.74, 6) is -0.168. The molecule has 6 nitrogen and oxygen atoms in total. The molecule has 1 N–H and O–H groups in total. The van der Waals surface area contributed by atoms with Crippen LogP contribution in [0.15, 0.2) is 36.8 Å². The monoisotopic (exact) mass is 234 g/mol. The van der Waals surface area contributed by atoms with E-state index in [1.54, 1.807) is 0 Å². The predicted molar refractivity (Wildman–Crippen MR) is 58.4 cm³/mol. The van der Waals surface area contributed by atoms with Crippen LogP contribution in [0.5, 0.6) is 0 Å². The minimum Gasteiger partial charge on any atom is -0.333 e. The molecule has 0 aromatic carbocycles. The standard InChI is InChI=1S/C10H7FN4O2/c11-7-1-2-10(13-5-7)14-8-6-12-4-3-9(8)15(16)17/h1-6H,(H,13,14). The molecule has 86 valence electrons. The Bertz CT molecular complexity index is 544. The van der Waals surface area contributed by atoms with Gasteiger partial charge in [0.2, 0.25) is 0 Å². The van der Waals surface area contributed by atoms with Gasteiger partial charge < -0.3 is 5.32 Å². The van der Waals surface area contributed by atoms with E-state index in [1.807, 2.05) is 0 Å².